The number of piperidine rings is 1. The Balaban J connectivity index is 1.85. The molecule has 0 aromatic heterocycles. The van der Waals surface area contributed by atoms with Crippen LogP contribution in [0.2, 0.25) is 0 Å². The van der Waals surface area contributed by atoms with E-state index >= 15 is 0 Å². The van der Waals surface area contributed by atoms with Crippen molar-refractivity contribution in [1.29, 1.82) is 0 Å². The van der Waals surface area contributed by atoms with Gasteiger partial charge in [0.25, 0.3) is 5.91 Å². The van der Waals surface area contributed by atoms with Crippen LogP contribution in [0, 0.1) is 0 Å². The fraction of sp³-hybridized carbons (Fsp3) is 0.533. The maximum atomic E-state index is 12.1. The first kappa shape index (κ1) is 16.8. The van der Waals surface area contributed by atoms with Crippen LogP contribution in [0.4, 0.5) is 5.69 Å². The standard InChI is InChI=1S/C15H23N3O3S/c1-22(20,21)17-14-7-5-6-13(12-14)15(19)16-8-11-18-9-3-2-4-10-18/h5-7,12,17H,2-4,8-11H2,1H3,(H,16,19). The minimum atomic E-state index is -3.34. The van der Waals surface area contributed by atoms with Gasteiger partial charge in [0.15, 0.2) is 0 Å². The molecular formula is C15H23N3O3S. The Kier molecular flexibility index (Phi) is 5.79. The van der Waals surface area contributed by atoms with Crippen molar-refractivity contribution in [3.8, 4) is 0 Å². The van der Waals surface area contributed by atoms with Gasteiger partial charge in [0.2, 0.25) is 10.0 Å². The Hall–Kier alpha value is -1.60. The van der Waals surface area contributed by atoms with Gasteiger partial charge >= 0.3 is 0 Å². The second-order valence-corrected chi connectivity index (χ2v) is 7.36. The van der Waals surface area contributed by atoms with Gasteiger partial charge in [0.1, 0.15) is 0 Å². The molecule has 1 amide bonds. The first-order chi connectivity index (χ1) is 10.4. The van der Waals surface area contributed by atoms with Crippen molar-refractivity contribution >= 4 is 21.6 Å². The average Bonchev–Trinajstić information content (AvgIpc) is 2.47. The summed E-state index contributed by atoms with van der Waals surface area (Å²) >= 11 is 0. The minimum Gasteiger partial charge on any atom is -0.351 e. The van der Waals surface area contributed by atoms with Crippen LogP contribution in [0.1, 0.15) is 29.6 Å². The SMILES string of the molecule is CS(=O)(=O)Nc1cccc(C(=O)NCCN2CCCCC2)c1. The van der Waals surface area contributed by atoms with Crippen molar-refractivity contribution in [2.75, 3.05) is 37.2 Å². The summed E-state index contributed by atoms with van der Waals surface area (Å²) in [5, 5.41) is 2.88. The highest BCUT2D eigenvalue weighted by atomic mass is 32.2. The molecule has 0 radical (unpaired) electrons. The topological polar surface area (TPSA) is 78.5 Å². The zero-order valence-corrected chi connectivity index (χ0v) is 13.7. The van der Waals surface area contributed by atoms with Crippen LogP contribution in [-0.4, -0.2) is 51.7 Å². The predicted molar refractivity (Wildman–Crippen MR) is 87.5 cm³/mol. The van der Waals surface area contributed by atoms with E-state index in [0.29, 0.717) is 17.8 Å². The van der Waals surface area contributed by atoms with Gasteiger partial charge in [0, 0.05) is 24.3 Å². The molecule has 1 aliphatic rings. The second-order valence-electron chi connectivity index (χ2n) is 5.61. The molecule has 1 aliphatic heterocycles. The van der Waals surface area contributed by atoms with Crippen LogP contribution >= 0.6 is 0 Å². The zero-order valence-electron chi connectivity index (χ0n) is 12.8. The van der Waals surface area contributed by atoms with Crippen molar-refractivity contribution in [1.82, 2.24) is 10.2 Å². The normalized spacial score (nSPS) is 16.2. The Morgan fingerprint density at radius 2 is 1.95 bits per heavy atom. The van der Waals surface area contributed by atoms with E-state index in [2.05, 4.69) is 14.9 Å². The van der Waals surface area contributed by atoms with Gasteiger partial charge in [-0.05, 0) is 44.1 Å². The number of hydrogen-bond donors (Lipinski definition) is 2. The average molecular weight is 325 g/mol. The highest BCUT2D eigenvalue weighted by molar-refractivity contribution is 7.92. The molecule has 2 rings (SSSR count). The molecular weight excluding hydrogens is 302 g/mol. The maximum Gasteiger partial charge on any atom is 0.251 e. The first-order valence-electron chi connectivity index (χ1n) is 7.52. The van der Waals surface area contributed by atoms with E-state index in [1.165, 1.54) is 25.3 Å². The van der Waals surface area contributed by atoms with E-state index < -0.39 is 10.0 Å². The molecule has 1 aromatic carbocycles. The van der Waals surface area contributed by atoms with Crippen LogP contribution in [0.3, 0.4) is 0 Å². The minimum absolute atomic E-state index is 0.186. The van der Waals surface area contributed by atoms with E-state index in [1.807, 2.05) is 0 Å². The largest absolute Gasteiger partial charge is 0.351 e. The number of sulfonamides is 1. The second kappa shape index (κ2) is 7.60. The third-order valence-electron chi connectivity index (χ3n) is 3.59. The molecule has 0 bridgehead atoms. The summed E-state index contributed by atoms with van der Waals surface area (Å²) in [7, 11) is -3.34. The van der Waals surface area contributed by atoms with Gasteiger partial charge < -0.3 is 10.2 Å². The number of nitrogens with zero attached hydrogens (tertiary/aromatic N) is 1. The van der Waals surface area contributed by atoms with E-state index in [0.717, 1.165) is 25.9 Å². The molecule has 0 unspecified atom stereocenters. The first-order valence-corrected chi connectivity index (χ1v) is 9.41. The van der Waals surface area contributed by atoms with Crippen LogP contribution in [0.15, 0.2) is 24.3 Å². The van der Waals surface area contributed by atoms with Crippen LogP contribution < -0.4 is 10.0 Å². The van der Waals surface area contributed by atoms with Crippen molar-refractivity contribution in [2.24, 2.45) is 0 Å². The van der Waals surface area contributed by atoms with Gasteiger partial charge in [-0.15, -0.1) is 0 Å². The molecule has 2 N–H and O–H groups in total. The Morgan fingerprint density at radius 1 is 1.23 bits per heavy atom. The third kappa shape index (κ3) is 5.65. The molecule has 0 aliphatic carbocycles. The summed E-state index contributed by atoms with van der Waals surface area (Å²) in [5.41, 5.74) is 0.846. The van der Waals surface area contributed by atoms with Crippen molar-refractivity contribution < 1.29 is 13.2 Å². The lowest BCUT2D eigenvalue weighted by atomic mass is 10.1. The molecule has 1 aromatic rings. The Bertz CT molecular complexity index is 610. The molecule has 122 valence electrons. The molecule has 1 heterocycles. The van der Waals surface area contributed by atoms with E-state index in [9.17, 15) is 13.2 Å². The Morgan fingerprint density at radius 3 is 2.64 bits per heavy atom. The lowest BCUT2D eigenvalue weighted by Gasteiger charge is -2.26. The van der Waals surface area contributed by atoms with E-state index in [-0.39, 0.29) is 5.91 Å². The summed E-state index contributed by atoms with van der Waals surface area (Å²) in [6.07, 6.45) is 4.83. The number of benzene rings is 1. The van der Waals surface area contributed by atoms with Gasteiger partial charge in [-0.1, -0.05) is 12.5 Å². The van der Waals surface area contributed by atoms with Crippen LogP contribution in [0.25, 0.3) is 0 Å². The molecule has 0 spiro atoms. The molecule has 22 heavy (non-hydrogen) atoms. The van der Waals surface area contributed by atoms with E-state index in [1.54, 1.807) is 18.2 Å². The zero-order chi connectivity index (χ0) is 16.0. The van der Waals surface area contributed by atoms with Gasteiger partial charge in [0.05, 0.1) is 6.26 Å². The maximum absolute atomic E-state index is 12.1. The lowest BCUT2D eigenvalue weighted by molar-refractivity contribution is 0.0946. The number of anilines is 1. The third-order valence-corrected chi connectivity index (χ3v) is 4.20. The molecule has 0 atom stereocenters. The number of rotatable bonds is 6. The summed E-state index contributed by atoms with van der Waals surface area (Å²) in [6.45, 7) is 3.66. The number of carbonyl (C=O) groups excluding carboxylic acids is 1. The summed E-state index contributed by atoms with van der Waals surface area (Å²) < 4.78 is 24.8. The van der Waals surface area contributed by atoms with Crippen molar-refractivity contribution in [3.63, 3.8) is 0 Å². The number of hydrogen-bond acceptors (Lipinski definition) is 4. The molecule has 1 fully saturated rings. The fourth-order valence-electron chi connectivity index (χ4n) is 2.55. The molecule has 6 nitrogen and oxygen atoms in total. The molecule has 7 heteroatoms. The Labute approximate surface area is 131 Å². The molecule has 0 saturated carbocycles. The van der Waals surface area contributed by atoms with Gasteiger partial charge in [-0.2, -0.15) is 0 Å². The summed E-state index contributed by atoms with van der Waals surface area (Å²) in [4.78, 5) is 14.4. The fourth-order valence-corrected chi connectivity index (χ4v) is 3.11. The molecule has 1 saturated heterocycles. The lowest BCUT2D eigenvalue weighted by Crippen LogP contribution is -2.37. The summed E-state index contributed by atoms with van der Waals surface area (Å²) in [6, 6.07) is 6.49. The predicted octanol–water partition coefficient (Wildman–Crippen LogP) is 1.27. The van der Waals surface area contributed by atoms with Crippen LogP contribution in [0.5, 0.6) is 0 Å². The number of amides is 1. The van der Waals surface area contributed by atoms with Crippen molar-refractivity contribution in [3.05, 3.63) is 29.8 Å². The highest BCUT2D eigenvalue weighted by Gasteiger charge is 2.11. The number of likely N-dealkylation sites (tertiary alicyclic amines) is 1. The highest BCUT2D eigenvalue weighted by Crippen LogP contribution is 2.12. The number of nitrogens with one attached hydrogen (secondary N) is 2. The van der Waals surface area contributed by atoms with Gasteiger partial charge in [-0.25, -0.2) is 8.42 Å². The van der Waals surface area contributed by atoms with Crippen LogP contribution in [-0.2, 0) is 10.0 Å². The monoisotopic (exact) mass is 325 g/mol. The smallest absolute Gasteiger partial charge is 0.251 e. The quantitative estimate of drug-likeness (QED) is 0.826. The van der Waals surface area contributed by atoms with Crippen molar-refractivity contribution in [2.45, 2.75) is 19.3 Å². The van der Waals surface area contributed by atoms with Gasteiger partial charge in [-0.3, -0.25) is 9.52 Å². The number of carbonyl (C=O) groups is 1. The summed E-state index contributed by atoms with van der Waals surface area (Å²) in [5.74, 6) is -0.186. The van der Waals surface area contributed by atoms with E-state index in [4.69, 9.17) is 0 Å².